The summed E-state index contributed by atoms with van der Waals surface area (Å²) in [5, 5.41) is 0. The van der Waals surface area contributed by atoms with E-state index in [-0.39, 0.29) is 17.1 Å². The standard InChI is InChI=1S/3C6H5.Cu.Sn.H/c3*1-2-4-6-5-3-1;;;/h3*1-5H;;;. The molecule has 0 fully saturated rings. The van der Waals surface area contributed by atoms with Gasteiger partial charge in [0.25, 0.3) is 0 Å². The maximum atomic E-state index is 2.29. The van der Waals surface area contributed by atoms with Gasteiger partial charge in [-0.2, -0.15) is 0 Å². The molecule has 103 valence electrons. The first-order chi connectivity index (χ1) is 9.45. The molecule has 0 bridgehead atoms. The van der Waals surface area contributed by atoms with Crippen LogP contribution in [0, 0.1) is 0 Å². The fourth-order valence-corrected chi connectivity index (χ4v) is 11.0. The normalized spacial score (nSPS) is 10.1. The van der Waals surface area contributed by atoms with Crippen LogP contribution in [-0.4, -0.2) is 19.8 Å². The van der Waals surface area contributed by atoms with Crippen molar-refractivity contribution in [3.05, 3.63) is 91.0 Å². The molecule has 0 aromatic heterocycles. The molecule has 0 saturated heterocycles. The Bertz CT molecular complexity index is 529. The monoisotopic (exact) mass is 415 g/mol. The SMILES string of the molecule is [Cu].c1cc[c]([SnH]([c]2ccccc2)[c]2ccccc2)cc1. The van der Waals surface area contributed by atoms with E-state index in [1.54, 1.807) is 10.7 Å². The van der Waals surface area contributed by atoms with Crippen LogP contribution in [0.2, 0.25) is 0 Å². The second-order valence-corrected chi connectivity index (χ2v) is 12.8. The number of hydrogen-bond acceptors (Lipinski definition) is 0. The molecule has 0 amide bonds. The van der Waals surface area contributed by atoms with Gasteiger partial charge in [-0.1, -0.05) is 0 Å². The second-order valence-electron chi connectivity index (χ2n) is 4.67. The Morgan fingerprint density at radius 1 is 0.400 bits per heavy atom. The van der Waals surface area contributed by atoms with Gasteiger partial charge in [-0.05, 0) is 0 Å². The van der Waals surface area contributed by atoms with Gasteiger partial charge in [0.1, 0.15) is 0 Å². The molecule has 0 aliphatic carbocycles. The minimum atomic E-state index is -2.14. The summed E-state index contributed by atoms with van der Waals surface area (Å²) in [6.07, 6.45) is 0. The zero-order valence-electron chi connectivity index (χ0n) is 11.0. The Morgan fingerprint density at radius 3 is 0.900 bits per heavy atom. The van der Waals surface area contributed by atoms with Crippen LogP contribution < -0.4 is 10.7 Å². The summed E-state index contributed by atoms with van der Waals surface area (Å²) in [5.41, 5.74) is 0. The molecule has 0 saturated carbocycles. The van der Waals surface area contributed by atoms with Crippen molar-refractivity contribution in [1.82, 2.24) is 0 Å². The number of rotatable bonds is 3. The van der Waals surface area contributed by atoms with Crippen molar-refractivity contribution >= 4 is 30.5 Å². The number of hydrogen-bond donors (Lipinski definition) is 0. The Balaban J connectivity index is 0.00000147. The van der Waals surface area contributed by atoms with Crippen LogP contribution in [0.3, 0.4) is 0 Å². The minimum absolute atomic E-state index is 0. The van der Waals surface area contributed by atoms with E-state index in [4.69, 9.17) is 0 Å². The van der Waals surface area contributed by atoms with Crippen LogP contribution in [0.25, 0.3) is 0 Å². The molecule has 1 radical (unpaired) electrons. The third kappa shape index (κ3) is 3.54. The van der Waals surface area contributed by atoms with Crippen molar-refractivity contribution in [2.24, 2.45) is 0 Å². The van der Waals surface area contributed by atoms with Gasteiger partial charge < -0.3 is 0 Å². The quantitative estimate of drug-likeness (QED) is 0.575. The Kier molecular flexibility index (Phi) is 5.90. The molecular weight excluding hydrogens is 398 g/mol. The second kappa shape index (κ2) is 7.68. The average molecular weight is 415 g/mol. The summed E-state index contributed by atoms with van der Waals surface area (Å²) in [7, 11) is 0. The topological polar surface area (TPSA) is 0 Å². The number of benzene rings is 3. The van der Waals surface area contributed by atoms with E-state index in [9.17, 15) is 0 Å². The zero-order valence-corrected chi connectivity index (χ0v) is 15.3. The molecule has 0 atom stereocenters. The Labute approximate surface area is 138 Å². The summed E-state index contributed by atoms with van der Waals surface area (Å²) in [4.78, 5) is 0. The van der Waals surface area contributed by atoms with E-state index < -0.39 is 19.8 Å². The van der Waals surface area contributed by atoms with Gasteiger partial charge >= 0.3 is 121 Å². The first kappa shape index (κ1) is 15.4. The van der Waals surface area contributed by atoms with Gasteiger partial charge in [0.05, 0.1) is 0 Å². The molecule has 0 aliphatic heterocycles. The first-order valence-corrected chi connectivity index (χ1v) is 11.5. The van der Waals surface area contributed by atoms with E-state index in [1.807, 2.05) is 0 Å². The Morgan fingerprint density at radius 2 is 0.650 bits per heavy atom. The average Bonchev–Trinajstić information content (AvgIpc) is 2.51. The molecule has 0 N–H and O–H groups in total. The van der Waals surface area contributed by atoms with Crippen molar-refractivity contribution in [3.8, 4) is 0 Å². The van der Waals surface area contributed by atoms with Gasteiger partial charge in [-0.3, -0.25) is 0 Å². The van der Waals surface area contributed by atoms with Crippen LogP contribution in [0.1, 0.15) is 0 Å². The van der Waals surface area contributed by atoms with Gasteiger partial charge in [0.2, 0.25) is 0 Å². The molecule has 0 aliphatic rings. The fraction of sp³-hybridized carbons (Fsp3) is 0. The predicted octanol–water partition coefficient (Wildman–Crippen LogP) is 1.93. The van der Waals surface area contributed by atoms with Gasteiger partial charge in [0.15, 0.2) is 0 Å². The van der Waals surface area contributed by atoms with E-state index in [1.165, 1.54) is 0 Å². The zero-order chi connectivity index (χ0) is 12.9. The maximum absolute atomic E-state index is 2.29. The van der Waals surface area contributed by atoms with E-state index in [0.717, 1.165) is 0 Å². The first-order valence-electron chi connectivity index (χ1n) is 6.60. The molecular formula is C18H16CuSn. The van der Waals surface area contributed by atoms with Crippen molar-refractivity contribution in [2.75, 3.05) is 0 Å². The van der Waals surface area contributed by atoms with E-state index in [0.29, 0.717) is 0 Å². The predicted molar refractivity (Wildman–Crippen MR) is 85.4 cm³/mol. The van der Waals surface area contributed by atoms with Gasteiger partial charge in [-0.15, -0.1) is 0 Å². The van der Waals surface area contributed by atoms with Gasteiger partial charge in [0, 0.05) is 17.1 Å². The molecule has 0 unspecified atom stereocenters. The van der Waals surface area contributed by atoms with Crippen LogP contribution in [-0.2, 0) is 17.1 Å². The molecule has 0 spiro atoms. The molecule has 20 heavy (non-hydrogen) atoms. The molecule has 0 nitrogen and oxygen atoms in total. The van der Waals surface area contributed by atoms with Crippen LogP contribution >= 0.6 is 0 Å². The summed E-state index contributed by atoms with van der Waals surface area (Å²) in [6, 6.07) is 33.0. The van der Waals surface area contributed by atoms with Crippen LogP contribution in [0.5, 0.6) is 0 Å². The van der Waals surface area contributed by atoms with E-state index in [2.05, 4.69) is 91.0 Å². The summed E-state index contributed by atoms with van der Waals surface area (Å²) in [6.45, 7) is 0. The fourth-order valence-electron chi connectivity index (χ4n) is 2.51. The van der Waals surface area contributed by atoms with Crippen LogP contribution in [0.15, 0.2) is 91.0 Å². The van der Waals surface area contributed by atoms with E-state index >= 15 is 0 Å². The third-order valence-corrected chi connectivity index (χ3v) is 12.4. The Hall–Kier alpha value is -1.02. The third-order valence-electron chi connectivity index (χ3n) is 3.40. The molecule has 3 rings (SSSR count). The molecule has 3 aromatic rings. The summed E-state index contributed by atoms with van der Waals surface area (Å²) >= 11 is -2.14. The van der Waals surface area contributed by atoms with Crippen molar-refractivity contribution in [3.63, 3.8) is 0 Å². The summed E-state index contributed by atoms with van der Waals surface area (Å²) < 4.78 is 4.63. The molecule has 2 heteroatoms. The molecule has 0 heterocycles. The summed E-state index contributed by atoms with van der Waals surface area (Å²) in [5.74, 6) is 0. The van der Waals surface area contributed by atoms with Crippen LogP contribution in [0.4, 0.5) is 0 Å². The van der Waals surface area contributed by atoms with Crippen molar-refractivity contribution < 1.29 is 17.1 Å². The van der Waals surface area contributed by atoms with Crippen molar-refractivity contribution in [1.29, 1.82) is 0 Å². The van der Waals surface area contributed by atoms with Crippen molar-refractivity contribution in [2.45, 2.75) is 0 Å². The molecule has 3 aromatic carbocycles. The van der Waals surface area contributed by atoms with Gasteiger partial charge in [-0.25, -0.2) is 0 Å².